The Bertz CT molecular complexity index is 547. The van der Waals surface area contributed by atoms with Crippen molar-refractivity contribution >= 4 is 27.3 Å². The number of thiophene rings is 1. The lowest BCUT2D eigenvalue weighted by molar-refractivity contribution is -0.153. The van der Waals surface area contributed by atoms with E-state index >= 15 is 0 Å². The molecule has 0 spiro atoms. The summed E-state index contributed by atoms with van der Waals surface area (Å²) >= 11 is 5.43. The third kappa shape index (κ3) is 2.44. The van der Waals surface area contributed by atoms with Crippen LogP contribution in [0.4, 0.5) is 0 Å². The molecule has 5 rings (SSSR count). The van der Waals surface area contributed by atoms with E-state index in [1.165, 1.54) is 47.9 Å². The minimum atomic E-state index is 0.338. The van der Waals surface area contributed by atoms with Crippen molar-refractivity contribution < 1.29 is 0 Å². The molecule has 1 aromatic rings. The van der Waals surface area contributed by atoms with Crippen LogP contribution in [-0.4, -0.2) is 6.04 Å². The molecule has 0 amide bonds. The third-order valence-corrected chi connectivity index (χ3v) is 8.22. The molecule has 4 saturated carbocycles. The number of hydrogen-bond donors (Lipinski definition) is 1. The molecule has 1 aromatic heterocycles. The largest absolute Gasteiger partial charge is 0.327 e. The summed E-state index contributed by atoms with van der Waals surface area (Å²) < 4.78 is 1.21. The first-order valence-corrected chi connectivity index (χ1v) is 9.96. The minimum Gasteiger partial charge on any atom is -0.327 e. The van der Waals surface area contributed by atoms with Crippen LogP contribution in [-0.2, 0) is 6.42 Å². The molecule has 1 heterocycles. The van der Waals surface area contributed by atoms with Crippen LogP contribution >= 0.6 is 27.3 Å². The van der Waals surface area contributed by atoms with Crippen molar-refractivity contribution in [1.82, 2.24) is 0 Å². The lowest BCUT2D eigenvalue weighted by Crippen LogP contribution is -2.61. The average Bonchev–Trinajstić information content (AvgIpc) is 2.69. The topological polar surface area (TPSA) is 26.0 Å². The monoisotopic (exact) mass is 367 g/mol. The molecule has 4 fully saturated rings. The Morgan fingerprint density at radius 3 is 2.43 bits per heavy atom. The summed E-state index contributed by atoms with van der Waals surface area (Å²) in [6, 6.07) is 2.60. The van der Waals surface area contributed by atoms with E-state index in [1.54, 1.807) is 0 Å². The van der Waals surface area contributed by atoms with E-state index in [2.05, 4.69) is 41.2 Å². The highest BCUT2D eigenvalue weighted by Crippen LogP contribution is 2.70. The van der Waals surface area contributed by atoms with E-state index in [-0.39, 0.29) is 0 Å². The van der Waals surface area contributed by atoms with E-state index < -0.39 is 0 Å². The summed E-state index contributed by atoms with van der Waals surface area (Å²) in [6.07, 6.45) is 9.57. The van der Waals surface area contributed by atoms with Crippen LogP contribution in [0.2, 0.25) is 0 Å². The molecule has 4 aliphatic carbocycles. The van der Waals surface area contributed by atoms with Crippen LogP contribution in [0.3, 0.4) is 0 Å². The number of hydrogen-bond acceptors (Lipinski definition) is 2. The van der Waals surface area contributed by atoms with E-state index in [9.17, 15) is 0 Å². The fourth-order valence-corrected chi connectivity index (χ4v) is 8.35. The van der Waals surface area contributed by atoms with Gasteiger partial charge in [0.15, 0.2) is 0 Å². The van der Waals surface area contributed by atoms with E-state index in [0.29, 0.717) is 22.3 Å². The number of rotatable bonds is 3. The van der Waals surface area contributed by atoms with Crippen LogP contribution in [0.1, 0.15) is 57.2 Å². The molecule has 0 aliphatic heterocycles. The lowest BCUT2D eigenvalue weighted by atomic mass is 9.39. The molecule has 3 heteroatoms. The Morgan fingerprint density at radius 2 is 1.90 bits per heavy atom. The van der Waals surface area contributed by atoms with E-state index in [1.807, 2.05) is 11.3 Å². The standard InChI is InChI=1S/C18H26BrNS/c1-16-5-12-6-17(2,9-16)11-18(7-12,10-16)15(20)4-14-3-13(19)8-21-14/h3,8,12,15H,4-7,9-11,20H2,1-2H3. The van der Waals surface area contributed by atoms with Crippen LogP contribution in [0, 0.1) is 22.2 Å². The van der Waals surface area contributed by atoms with Gasteiger partial charge in [0.25, 0.3) is 0 Å². The highest BCUT2D eigenvalue weighted by molar-refractivity contribution is 9.10. The van der Waals surface area contributed by atoms with Crippen molar-refractivity contribution in [2.45, 2.75) is 64.8 Å². The second-order valence-electron chi connectivity index (χ2n) is 9.03. The molecular formula is C18H26BrNS. The minimum absolute atomic E-state index is 0.338. The van der Waals surface area contributed by atoms with Crippen molar-refractivity contribution in [2.24, 2.45) is 27.9 Å². The number of nitrogens with two attached hydrogens (primary N) is 1. The molecule has 0 aromatic carbocycles. The first kappa shape index (κ1) is 14.7. The predicted octanol–water partition coefficient (Wildman–Crippen LogP) is 5.38. The summed E-state index contributed by atoms with van der Waals surface area (Å²) in [4.78, 5) is 1.44. The van der Waals surface area contributed by atoms with Gasteiger partial charge in [-0.3, -0.25) is 0 Å². The van der Waals surface area contributed by atoms with Crippen molar-refractivity contribution in [3.8, 4) is 0 Å². The summed E-state index contributed by atoms with van der Waals surface area (Å²) in [5.41, 5.74) is 8.38. The van der Waals surface area contributed by atoms with Crippen LogP contribution in [0.25, 0.3) is 0 Å². The van der Waals surface area contributed by atoms with Crippen molar-refractivity contribution in [2.75, 3.05) is 0 Å². The first-order chi connectivity index (χ1) is 9.80. The van der Waals surface area contributed by atoms with Gasteiger partial charge in [-0.05, 0) is 89.1 Å². The SMILES string of the molecule is CC12CC3CC(C)(C1)CC(C(N)Cc1cc(Br)cs1)(C3)C2. The Labute approximate surface area is 140 Å². The lowest BCUT2D eigenvalue weighted by Gasteiger charge is -2.67. The Hall–Kier alpha value is 0.140. The molecule has 0 saturated heterocycles. The Kier molecular flexibility index (Phi) is 3.21. The second kappa shape index (κ2) is 4.58. The van der Waals surface area contributed by atoms with Crippen molar-refractivity contribution in [3.05, 3.63) is 20.8 Å². The van der Waals surface area contributed by atoms with Crippen molar-refractivity contribution in [3.63, 3.8) is 0 Å². The van der Waals surface area contributed by atoms with Gasteiger partial charge >= 0.3 is 0 Å². The van der Waals surface area contributed by atoms with Crippen LogP contribution < -0.4 is 5.73 Å². The van der Waals surface area contributed by atoms with E-state index in [4.69, 9.17) is 5.73 Å². The fourth-order valence-electron chi connectivity index (χ4n) is 6.84. The highest BCUT2D eigenvalue weighted by Gasteiger charge is 2.61. The maximum atomic E-state index is 6.82. The van der Waals surface area contributed by atoms with Gasteiger partial charge in [-0.25, -0.2) is 0 Å². The molecule has 1 nitrogen and oxygen atoms in total. The molecular weight excluding hydrogens is 342 g/mol. The Morgan fingerprint density at radius 1 is 1.24 bits per heavy atom. The summed E-state index contributed by atoms with van der Waals surface area (Å²) in [6.45, 7) is 5.08. The van der Waals surface area contributed by atoms with Crippen LogP contribution in [0.15, 0.2) is 15.9 Å². The molecule has 2 N–H and O–H groups in total. The molecule has 4 aliphatic rings. The highest BCUT2D eigenvalue weighted by atomic mass is 79.9. The average molecular weight is 368 g/mol. The summed E-state index contributed by atoms with van der Waals surface area (Å²) in [5.74, 6) is 0.942. The zero-order valence-corrected chi connectivity index (χ0v) is 15.5. The molecule has 116 valence electrons. The predicted molar refractivity (Wildman–Crippen MR) is 93.5 cm³/mol. The third-order valence-electron chi connectivity index (χ3n) is 6.50. The maximum Gasteiger partial charge on any atom is 0.0285 e. The molecule has 0 radical (unpaired) electrons. The van der Waals surface area contributed by atoms with Gasteiger partial charge in [-0.15, -0.1) is 11.3 Å². The maximum absolute atomic E-state index is 6.82. The van der Waals surface area contributed by atoms with Gasteiger partial charge in [0, 0.05) is 20.8 Å². The van der Waals surface area contributed by atoms with Crippen molar-refractivity contribution in [1.29, 1.82) is 0 Å². The first-order valence-electron chi connectivity index (χ1n) is 8.29. The summed E-state index contributed by atoms with van der Waals surface area (Å²) in [5, 5.41) is 2.18. The Balaban J connectivity index is 1.61. The quantitative estimate of drug-likeness (QED) is 0.762. The molecule has 21 heavy (non-hydrogen) atoms. The van der Waals surface area contributed by atoms with Gasteiger partial charge in [0.05, 0.1) is 0 Å². The van der Waals surface area contributed by atoms with Gasteiger partial charge in [0.2, 0.25) is 0 Å². The van der Waals surface area contributed by atoms with Gasteiger partial charge in [-0.2, -0.15) is 0 Å². The zero-order chi connectivity index (χ0) is 14.9. The summed E-state index contributed by atoms with van der Waals surface area (Å²) in [7, 11) is 0. The smallest absolute Gasteiger partial charge is 0.0285 e. The normalized spacial score (nSPS) is 46.0. The van der Waals surface area contributed by atoms with Gasteiger partial charge in [-0.1, -0.05) is 13.8 Å². The molecule has 3 atom stereocenters. The fraction of sp³-hybridized carbons (Fsp3) is 0.778. The zero-order valence-electron chi connectivity index (χ0n) is 13.1. The van der Waals surface area contributed by atoms with E-state index in [0.717, 1.165) is 12.3 Å². The number of halogens is 1. The second-order valence-corrected chi connectivity index (χ2v) is 10.9. The van der Waals surface area contributed by atoms with Gasteiger partial charge in [0.1, 0.15) is 0 Å². The molecule has 4 bridgehead atoms. The van der Waals surface area contributed by atoms with Crippen LogP contribution in [0.5, 0.6) is 0 Å². The molecule has 3 unspecified atom stereocenters. The van der Waals surface area contributed by atoms with Gasteiger partial charge < -0.3 is 5.73 Å².